The number of aromatic nitrogens is 3. The number of aryl methyl sites for hydroxylation is 2. The van der Waals surface area contributed by atoms with Crippen LogP contribution in [0.25, 0.3) is 5.65 Å². The van der Waals surface area contributed by atoms with E-state index in [2.05, 4.69) is 15.0 Å². The molecule has 3 heterocycles. The molecular formula is C17H20N4O2. The summed E-state index contributed by atoms with van der Waals surface area (Å²) < 4.78 is 1.69. The third kappa shape index (κ3) is 1.77. The van der Waals surface area contributed by atoms with Crippen molar-refractivity contribution in [1.29, 1.82) is 0 Å². The van der Waals surface area contributed by atoms with E-state index in [9.17, 15) is 9.59 Å². The average molecular weight is 312 g/mol. The number of nitrogens with zero attached hydrogens (tertiary/aromatic N) is 3. The van der Waals surface area contributed by atoms with Gasteiger partial charge in [0.15, 0.2) is 5.65 Å². The number of carbonyl (C=O) groups is 1. The Morgan fingerprint density at radius 2 is 2.17 bits per heavy atom. The molecule has 3 aliphatic rings. The fourth-order valence-electron chi connectivity index (χ4n) is 4.99. The lowest BCUT2D eigenvalue weighted by Gasteiger charge is -2.27. The summed E-state index contributed by atoms with van der Waals surface area (Å²) in [4.78, 5) is 30.9. The minimum atomic E-state index is -0.167. The summed E-state index contributed by atoms with van der Waals surface area (Å²) in [5, 5.41) is 2.75. The van der Waals surface area contributed by atoms with Crippen molar-refractivity contribution in [3.8, 4) is 0 Å². The molecule has 2 saturated carbocycles. The summed E-state index contributed by atoms with van der Waals surface area (Å²) in [6.07, 6.45) is 2.91. The highest BCUT2D eigenvalue weighted by Crippen LogP contribution is 2.61. The summed E-state index contributed by atoms with van der Waals surface area (Å²) in [6.45, 7) is 4.80. The normalized spacial score (nSPS) is 31.0. The van der Waals surface area contributed by atoms with Crippen LogP contribution in [0.15, 0.2) is 10.9 Å². The highest BCUT2D eigenvalue weighted by atomic mass is 16.2. The third-order valence-electron chi connectivity index (χ3n) is 6.22. The Labute approximate surface area is 133 Å². The van der Waals surface area contributed by atoms with Crippen LogP contribution >= 0.6 is 0 Å². The van der Waals surface area contributed by atoms with Crippen molar-refractivity contribution in [1.82, 2.24) is 19.5 Å². The lowest BCUT2D eigenvalue weighted by Crippen LogP contribution is -2.40. The molecule has 6 nitrogen and oxygen atoms in total. The Morgan fingerprint density at radius 3 is 2.91 bits per heavy atom. The highest BCUT2D eigenvalue weighted by Gasteiger charge is 2.61. The van der Waals surface area contributed by atoms with Gasteiger partial charge in [-0.25, -0.2) is 9.50 Å². The fourth-order valence-corrected chi connectivity index (χ4v) is 4.99. The number of nitrogens with one attached hydrogen (secondary N) is 1. The number of hydrogen-bond acceptors (Lipinski definition) is 3. The molecular weight excluding hydrogens is 292 g/mol. The molecule has 5 rings (SSSR count). The van der Waals surface area contributed by atoms with Gasteiger partial charge in [0.25, 0.3) is 5.56 Å². The average Bonchev–Trinajstić information content (AvgIpc) is 2.91. The number of hydrogen-bond donors (Lipinski definition) is 1. The Kier molecular flexibility index (Phi) is 2.46. The molecule has 6 heteroatoms. The van der Waals surface area contributed by atoms with Gasteiger partial charge < -0.3 is 4.90 Å². The van der Waals surface area contributed by atoms with Crippen LogP contribution in [0.5, 0.6) is 0 Å². The van der Waals surface area contributed by atoms with Crippen LogP contribution in [0.2, 0.25) is 0 Å². The maximum absolute atomic E-state index is 12.8. The fraction of sp³-hybridized carbons (Fsp3) is 0.588. The number of H-pyrrole nitrogens is 1. The topological polar surface area (TPSA) is 70.5 Å². The molecule has 1 amide bonds. The molecule has 0 spiro atoms. The second kappa shape index (κ2) is 4.24. The largest absolute Gasteiger partial charge is 0.339 e. The van der Waals surface area contributed by atoms with Gasteiger partial charge in [0.1, 0.15) is 0 Å². The van der Waals surface area contributed by atoms with Crippen LogP contribution in [-0.4, -0.2) is 38.0 Å². The third-order valence-corrected chi connectivity index (χ3v) is 6.22. The smallest absolute Gasteiger partial charge is 0.266 e. The standard InChI is InChI=1S/C17H20N4O2/c1-8-11(9(2)21-15(18-8)6-16(22)19-21)5-17(23)20-7-10-3-14(20)13-4-12(10)13/h6,10,12-14H,3-5,7H2,1-2H3,(H,19,22)/t10-,12-,13-,14-/m0/s1. The first-order chi connectivity index (χ1) is 11.0. The minimum Gasteiger partial charge on any atom is -0.339 e. The van der Waals surface area contributed by atoms with Crippen LogP contribution < -0.4 is 5.56 Å². The first-order valence-electron chi connectivity index (χ1n) is 8.40. The van der Waals surface area contributed by atoms with Crippen LogP contribution in [0.4, 0.5) is 0 Å². The summed E-state index contributed by atoms with van der Waals surface area (Å²) in [7, 11) is 0. The van der Waals surface area contributed by atoms with E-state index in [0.717, 1.165) is 41.2 Å². The molecule has 120 valence electrons. The maximum atomic E-state index is 12.8. The molecule has 0 radical (unpaired) electrons. The molecule has 4 atom stereocenters. The predicted octanol–water partition coefficient (Wildman–Crippen LogP) is 1.05. The SMILES string of the molecule is Cc1nc2cc(=O)[nH]n2c(C)c1CC(=O)N1C[C@@H]2C[C@H]1[C@H]1C[C@@H]21. The van der Waals surface area contributed by atoms with Gasteiger partial charge in [-0.3, -0.25) is 14.7 Å². The van der Waals surface area contributed by atoms with Crippen molar-refractivity contribution in [2.24, 2.45) is 17.8 Å². The lowest BCUT2D eigenvalue weighted by molar-refractivity contribution is -0.132. The second-order valence-corrected chi connectivity index (χ2v) is 7.42. The van der Waals surface area contributed by atoms with Gasteiger partial charge in [-0.1, -0.05) is 0 Å². The second-order valence-electron chi connectivity index (χ2n) is 7.42. The molecule has 1 N–H and O–H groups in total. The summed E-state index contributed by atoms with van der Waals surface area (Å²) in [5.74, 6) is 2.65. The molecule has 2 bridgehead atoms. The lowest BCUT2D eigenvalue weighted by atomic mass is 10.1. The molecule has 1 aliphatic heterocycles. The Bertz CT molecular complexity index is 896. The zero-order valence-electron chi connectivity index (χ0n) is 13.4. The van der Waals surface area contributed by atoms with Crippen LogP contribution in [0.3, 0.4) is 0 Å². The first kappa shape index (κ1) is 13.3. The number of likely N-dealkylation sites (tertiary alicyclic amines) is 1. The van der Waals surface area contributed by atoms with E-state index >= 15 is 0 Å². The van der Waals surface area contributed by atoms with Crippen molar-refractivity contribution in [2.75, 3.05) is 6.54 Å². The molecule has 0 unspecified atom stereocenters. The molecule has 0 aromatic carbocycles. The van der Waals surface area contributed by atoms with E-state index in [0.29, 0.717) is 18.1 Å². The van der Waals surface area contributed by atoms with Gasteiger partial charge >= 0.3 is 0 Å². The van der Waals surface area contributed by atoms with Crippen LogP contribution in [0, 0.1) is 31.6 Å². The summed E-state index contributed by atoms with van der Waals surface area (Å²) in [6, 6.07) is 1.97. The van der Waals surface area contributed by atoms with Crippen molar-refractivity contribution in [3.05, 3.63) is 33.4 Å². The molecule has 1 saturated heterocycles. The van der Waals surface area contributed by atoms with Gasteiger partial charge in [-0.2, -0.15) is 0 Å². The van der Waals surface area contributed by atoms with Gasteiger partial charge in [0, 0.05) is 35.6 Å². The van der Waals surface area contributed by atoms with E-state index in [1.54, 1.807) is 4.52 Å². The summed E-state index contributed by atoms with van der Waals surface area (Å²) in [5.41, 5.74) is 3.12. The first-order valence-corrected chi connectivity index (χ1v) is 8.40. The van der Waals surface area contributed by atoms with Gasteiger partial charge in [0.05, 0.1) is 6.42 Å². The summed E-state index contributed by atoms with van der Waals surface area (Å²) >= 11 is 0. The van der Waals surface area contributed by atoms with E-state index < -0.39 is 0 Å². The van der Waals surface area contributed by atoms with E-state index in [-0.39, 0.29) is 11.5 Å². The quantitative estimate of drug-likeness (QED) is 0.901. The number of rotatable bonds is 2. The van der Waals surface area contributed by atoms with Gasteiger partial charge in [-0.15, -0.1) is 0 Å². The Balaban J connectivity index is 1.47. The van der Waals surface area contributed by atoms with Gasteiger partial charge in [-0.05, 0) is 44.4 Å². The number of fused-ring (bicyclic) bond motifs is 6. The number of aromatic amines is 1. The van der Waals surface area contributed by atoms with Crippen molar-refractivity contribution in [2.45, 2.75) is 39.2 Å². The zero-order valence-corrected chi connectivity index (χ0v) is 13.4. The van der Waals surface area contributed by atoms with Crippen LogP contribution in [0.1, 0.15) is 29.8 Å². The van der Waals surface area contributed by atoms with Crippen molar-refractivity contribution in [3.63, 3.8) is 0 Å². The Morgan fingerprint density at radius 1 is 1.35 bits per heavy atom. The van der Waals surface area contributed by atoms with E-state index in [1.807, 2.05) is 13.8 Å². The van der Waals surface area contributed by atoms with Gasteiger partial charge in [0.2, 0.25) is 5.91 Å². The van der Waals surface area contributed by atoms with Crippen molar-refractivity contribution >= 4 is 11.6 Å². The number of carbonyl (C=O) groups excluding carboxylic acids is 1. The number of amides is 1. The molecule has 2 aliphatic carbocycles. The Hall–Kier alpha value is -2.11. The maximum Gasteiger partial charge on any atom is 0.266 e. The number of piperidine rings is 1. The highest BCUT2D eigenvalue weighted by molar-refractivity contribution is 5.80. The van der Waals surface area contributed by atoms with E-state index in [4.69, 9.17) is 0 Å². The molecule has 2 aromatic heterocycles. The monoisotopic (exact) mass is 312 g/mol. The predicted molar refractivity (Wildman–Crippen MR) is 84.2 cm³/mol. The zero-order chi connectivity index (χ0) is 15.9. The minimum absolute atomic E-state index is 0.167. The molecule has 2 aromatic rings. The molecule has 23 heavy (non-hydrogen) atoms. The molecule has 3 fully saturated rings. The van der Waals surface area contributed by atoms with E-state index in [1.165, 1.54) is 18.9 Å². The van der Waals surface area contributed by atoms with Crippen molar-refractivity contribution < 1.29 is 4.79 Å². The van der Waals surface area contributed by atoms with Crippen LogP contribution in [-0.2, 0) is 11.2 Å².